The third-order valence-electron chi connectivity index (χ3n) is 2.71. The average Bonchev–Trinajstić information content (AvgIpc) is 2.59. The van der Waals surface area contributed by atoms with E-state index in [-0.39, 0.29) is 5.54 Å². The Bertz CT molecular complexity index is 343. The lowest BCUT2D eigenvalue weighted by Gasteiger charge is -2.28. The molecule has 0 aromatic carbocycles. The van der Waals surface area contributed by atoms with Gasteiger partial charge in [0.2, 0.25) is 0 Å². The lowest BCUT2D eigenvalue weighted by atomic mass is 10.1. The maximum absolute atomic E-state index is 5.93. The molecule has 0 amide bonds. The van der Waals surface area contributed by atoms with Crippen molar-refractivity contribution in [2.45, 2.75) is 45.8 Å². The van der Waals surface area contributed by atoms with Crippen molar-refractivity contribution >= 4 is 22.9 Å². The van der Waals surface area contributed by atoms with Crippen molar-refractivity contribution < 1.29 is 0 Å². The van der Waals surface area contributed by atoms with Gasteiger partial charge in [0.25, 0.3) is 0 Å². The molecule has 0 radical (unpaired) electrons. The van der Waals surface area contributed by atoms with Crippen LogP contribution in [-0.2, 0) is 6.54 Å². The molecule has 0 saturated carbocycles. The summed E-state index contributed by atoms with van der Waals surface area (Å²) in [7, 11) is 2.16. The lowest BCUT2D eigenvalue weighted by molar-refractivity contribution is 0.230. The normalized spacial score (nSPS) is 14.3. The first-order valence-electron chi connectivity index (χ1n) is 5.97. The van der Waals surface area contributed by atoms with Gasteiger partial charge in [-0.2, -0.15) is 0 Å². The smallest absolute Gasteiger partial charge is 0.0931 e. The Hall–Kier alpha value is -0.0900. The minimum Gasteiger partial charge on any atom is -0.311 e. The van der Waals surface area contributed by atoms with Crippen LogP contribution in [0.25, 0.3) is 0 Å². The molecule has 0 aliphatic heterocycles. The topological polar surface area (TPSA) is 15.3 Å². The van der Waals surface area contributed by atoms with E-state index in [4.69, 9.17) is 11.6 Å². The highest BCUT2D eigenvalue weighted by atomic mass is 35.5. The second kappa shape index (κ2) is 6.19. The van der Waals surface area contributed by atoms with Crippen LogP contribution in [0.2, 0.25) is 4.34 Å². The minimum atomic E-state index is 0.182. The van der Waals surface area contributed by atoms with Crippen LogP contribution in [0.5, 0.6) is 0 Å². The van der Waals surface area contributed by atoms with E-state index in [1.807, 2.05) is 6.07 Å². The Morgan fingerprint density at radius 3 is 2.53 bits per heavy atom. The predicted octanol–water partition coefficient (Wildman–Crippen LogP) is 3.61. The summed E-state index contributed by atoms with van der Waals surface area (Å²) in [5.74, 6) is 0. The number of hydrogen-bond donors (Lipinski definition) is 1. The Kier molecular flexibility index (Phi) is 5.45. The molecule has 0 bridgehead atoms. The fourth-order valence-electron chi connectivity index (χ4n) is 1.45. The number of rotatable bonds is 5. The van der Waals surface area contributed by atoms with E-state index in [1.165, 1.54) is 4.88 Å². The van der Waals surface area contributed by atoms with Gasteiger partial charge in [0.05, 0.1) is 4.34 Å². The molecule has 1 unspecified atom stereocenters. The molecule has 1 aromatic rings. The molecule has 2 nitrogen and oxygen atoms in total. The summed E-state index contributed by atoms with van der Waals surface area (Å²) in [5.41, 5.74) is 0.182. The molecule has 0 aliphatic carbocycles. The monoisotopic (exact) mass is 274 g/mol. The van der Waals surface area contributed by atoms with Crippen LogP contribution in [0, 0.1) is 0 Å². The molecule has 1 atom stereocenters. The molecular weight excluding hydrogens is 252 g/mol. The van der Waals surface area contributed by atoms with Crippen LogP contribution in [0.1, 0.15) is 32.6 Å². The van der Waals surface area contributed by atoms with Gasteiger partial charge >= 0.3 is 0 Å². The van der Waals surface area contributed by atoms with Gasteiger partial charge in [-0.3, -0.25) is 4.90 Å². The van der Waals surface area contributed by atoms with Gasteiger partial charge in [-0.1, -0.05) is 11.6 Å². The standard InChI is InChI=1S/C13H23ClN2S/c1-10(8-15-13(2,3)4)16(5)9-11-6-7-12(14)17-11/h6-7,10,15H,8-9H2,1-5H3. The zero-order valence-corrected chi connectivity index (χ0v) is 13.0. The highest BCUT2D eigenvalue weighted by Gasteiger charge is 2.14. The largest absolute Gasteiger partial charge is 0.311 e. The van der Waals surface area contributed by atoms with Crippen molar-refractivity contribution in [1.82, 2.24) is 10.2 Å². The molecule has 1 rings (SSSR count). The van der Waals surface area contributed by atoms with Crippen LogP contribution in [0.3, 0.4) is 0 Å². The molecule has 0 spiro atoms. The number of thiophene rings is 1. The summed E-state index contributed by atoms with van der Waals surface area (Å²) in [6.45, 7) is 10.8. The van der Waals surface area contributed by atoms with E-state index in [0.29, 0.717) is 6.04 Å². The first-order chi connectivity index (χ1) is 7.78. The van der Waals surface area contributed by atoms with E-state index in [1.54, 1.807) is 11.3 Å². The first-order valence-corrected chi connectivity index (χ1v) is 7.17. The fourth-order valence-corrected chi connectivity index (χ4v) is 2.60. The van der Waals surface area contributed by atoms with Crippen molar-refractivity contribution in [3.8, 4) is 0 Å². The van der Waals surface area contributed by atoms with Crippen LogP contribution in [-0.4, -0.2) is 30.1 Å². The van der Waals surface area contributed by atoms with Crippen molar-refractivity contribution in [2.75, 3.05) is 13.6 Å². The average molecular weight is 275 g/mol. The van der Waals surface area contributed by atoms with Crippen molar-refractivity contribution in [3.05, 3.63) is 21.3 Å². The third-order valence-corrected chi connectivity index (χ3v) is 3.93. The molecule has 4 heteroatoms. The maximum Gasteiger partial charge on any atom is 0.0931 e. The predicted molar refractivity (Wildman–Crippen MR) is 78.0 cm³/mol. The second-order valence-corrected chi connectivity index (χ2v) is 7.40. The van der Waals surface area contributed by atoms with Gasteiger partial charge in [0, 0.05) is 29.5 Å². The van der Waals surface area contributed by atoms with Crippen LogP contribution >= 0.6 is 22.9 Å². The summed E-state index contributed by atoms with van der Waals surface area (Å²) in [5, 5.41) is 3.53. The first kappa shape index (κ1) is 15.0. The van der Waals surface area contributed by atoms with Gasteiger partial charge in [-0.15, -0.1) is 11.3 Å². The van der Waals surface area contributed by atoms with E-state index >= 15 is 0 Å². The number of nitrogens with one attached hydrogen (secondary N) is 1. The third kappa shape index (κ3) is 5.87. The summed E-state index contributed by atoms with van der Waals surface area (Å²) >= 11 is 7.59. The molecule has 98 valence electrons. The second-order valence-electron chi connectivity index (χ2n) is 5.60. The lowest BCUT2D eigenvalue weighted by Crippen LogP contribution is -2.44. The summed E-state index contributed by atoms with van der Waals surface area (Å²) in [6.07, 6.45) is 0. The molecule has 1 heterocycles. The van der Waals surface area contributed by atoms with Gasteiger partial charge < -0.3 is 5.32 Å². The molecular formula is C13H23ClN2S. The van der Waals surface area contributed by atoms with Crippen LogP contribution in [0.15, 0.2) is 12.1 Å². The van der Waals surface area contributed by atoms with Crippen molar-refractivity contribution in [1.29, 1.82) is 0 Å². The summed E-state index contributed by atoms with van der Waals surface area (Å²) in [4.78, 5) is 3.67. The number of hydrogen-bond acceptors (Lipinski definition) is 3. The maximum atomic E-state index is 5.93. The summed E-state index contributed by atoms with van der Waals surface area (Å²) in [6, 6.07) is 4.58. The Morgan fingerprint density at radius 1 is 1.41 bits per heavy atom. The van der Waals surface area contributed by atoms with E-state index in [9.17, 15) is 0 Å². The molecule has 1 aromatic heterocycles. The zero-order valence-electron chi connectivity index (χ0n) is 11.4. The van der Waals surface area contributed by atoms with Gasteiger partial charge in [-0.25, -0.2) is 0 Å². The SMILES string of the molecule is CC(CNC(C)(C)C)N(C)Cc1ccc(Cl)s1. The van der Waals surface area contributed by atoms with Crippen LogP contribution in [0.4, 0.5) is 0 Å². The Balaban J connectivity index is 2.39. The van der Waals surface area contributed by atoms with Gasteiger partial charge in [0.1, 0.15) is 0 Å². The Labute approximate surface area is 114 Å². The quantitative estimate of drug-likeness (QED) is 0.882. The summed E-state index contributed by atoms with van der Waals surface area (Å²) < 4.78 is 0.869. The Morgan fingerprint density at radius 2 is 2.06 bits per heavy atom. The van der Waals surface area contributed by atoms with Gasteiger partial charge in [-0.05, 0) is 46.9 Å². The molecule has 0 fully saturated rings. The highest BCUT2D eigenvalue weighted by molar-refractivity contribution is 7.16. The fraction of sp³-hybridized carbons (Fsp3) is 0.692. The molecule has 1 N–H and O–H groups in total. The van der Waals surface area contributed by atoms with E-state index in [0.717, 1.165) is 17.4 Å². The van der Waals surface area contributed by atoms with Crippen molar-refractivity contribution in [2.24, 2.45) is 0 Å². The van der Waals surface area contributed by atoms with Crippen molar-refractivity contribution in [3.63, 3.8) is 0 Å². The number of nitrogens with zero attached hydrogens (tertiary/aromatic N) is 1. The van der Waals surface area contributed by atoms with E-state index in [2.05, 4.69) is 51.0 Å². The van der Waals surface area contributed by atoms with E-state index < -0.39 is 0 Å². The zero-order chi connectivity index (χ0) is 13.1. The minimum absolute atomic E-state index is 0.182. The van der Waals surface area contributed by atoms with Crippen LogP contribution < -0.4 is 5.32 Å². The molecule has 17 heavy (non-hydrogen) atoms. The molecule has 0 aliphatic rings. The highest BCUT2D eigenvalue weighted by Crippen LogP contribution is 2.22. The number of halogens is 1. The molecule has 0 saturated heterocycles. The van der Waals surface area contributed by atoms with Gasteiger partial charge in [0.15, 0.2) is 0 Å². The number of likely N-dealkylation sites (N-methyl/N-ethyl adjacent to an activating group) is 1.